The van der Waals surface area contributed by atoms with Crippen LogP contribution in [0.3, 0.4) is 0 Å². The summed E-state index contributed by atoms with van der Waals surface area (Å²) in [5.74, 6) is 0.988. The lowest BCUT2D eigenvalue weighted by atomic mass is 10.1. The van der Waals surface area contributed by atoms with Crippen LogP contribution >= 0.6 is 0 Å². The molecular formula is C16H20N2O2. The number of amides is 1. The number of hydrogen-bond donors (Lipinski definition) is 1. The van der Waals surface area contributed by atoms with Crippen molar-refractivity contribution in [1.82, 2.24) is 4.90 Å². The van der Waals surface area contributed by atoms with Gasteiger partial charge in [-0.15, -0.1) is 0 Å². The number of nitrogen functional groups attached to an aromatic ring is 1. The predicted molar refractivity (Wildman–Crippen MR) is 79.5 cm³/mol. The van der Waals surface area contributed by atoms with E-state index >= 15 is 0 Å². The van der Waals surface area contributed by atoms with Crippen molar-refractivity contribution in [3.8, 4) is 0 Å². The molecule has 1 amide bonds. The third-order valence-corrected chi connectivity index (χ3v) is 4.10. The van der Waals surface area contributed by atoms with Gasteiger partial charge in [-0.2, -0.15) is 0 Å². The number of anilines is 1. The monoisotopic (exact) mass is 272 g/mol. The van der Waals surface area contributed by atoms with E-state index in [4.69, 9.17) is 10.2 Å². The Balaban J connectivity index is 1.77. The molecule has 4 heteroatoms. The molecule has 0 bridgehead atoms. The second-order valence-corrected chi connectivity index (χ2v) is 5.74. The normalized spacial score (nSPS) is 15.8. The number of carbonyl (C=O) groups is 1. The third kappa shape index (κ3) is 2.50. The van der Waals surface area contributed by atoms with Crippen LogP contribution in [0.15, 0.2) is 28.7 Å². The summed E-state index contributed by atoms with van der Waals surface area (Å²) < 4.78 is 5.62. The summed E-state index contributed by atoms with van der Waals surface area (Å²) in [6.45, 7) is 0.817. The molecule has 0 aliphatic heterocycles. The maximum absolute atomic E-state index is 12.4. The number of rotatable bonds is 3. The van der Waals surface area contributed by atoms with Gasteiger partial charge in [0.15, 0.2) is 5.76 Å². The zero-order valence-corrected chi connectivity index (χ0v) is 11.8. The first-order valence-corrected chi connectivity index (χ1v) is 7.18. The van der Waals surface area contributed by atoms with Crippen LogP contribution in [0.1, 0.15) is 36.2 Å². The zero-order valence-electron chi connectivity index (χ0n) is 11.8. The van der Waals surface area contributed by atoms with E-state index in [1.807, 2.05) is 13.1 Å². The van der Waals surface area contributed by atoms with Gasteiger partial charge in [-0.1, -0.05) is 12.8 Å². The third-order valence-electron chi connectivity index (χ3n) is 4.10. The molecule has 20 heavy (non-hydrogen) atoms. The van der Waals surface area contributed by atoms with Gasteiger partial charge in [0.1, 0.15) is 5.58 Å². The lowest BCUT2D eigenvalue weighted by Crippen LogP contribution is -2.30. The van der Waals surface area contributed by atoms with Crippen molar-refractivity contribution in [2.45, 2.75) is 25.7 Å². The minimum atomic E-state index is -0.0494. The number of benzene rings is 1. The fourth-order valence-corrected chi connectivity index (χ4v) is 3.02. The zero-order chi connectivity index (χ0) is 14.1. The maximum atomic E-state index is 12.4. The van der Waals surface area contributed by atoms with E-state index in [1.165, 1.54) is 25.7 Å². The fourth-order valence-electron chi connectivity index (χ4n) is 3.02. The molecule has 1 aliphatic carbocycles. The first kappa shape index (κ1) is 13.0. The van der Waals surface area contributed by atoms with Gasteiger partial charge in [0.2, 0.25) is 0 Å². The molecule has 0 radical (unpaired) electrons. The molecule has 0 unspecified atom stereocenters. The number of carbonyl (C=O) groups excluding carboxylic acids is 1. The molecule has 1 heterocycles. The van der Waals surface area contributed by atoms with Gasteiger partial charge in [-0.05, 0) is 43.0 Å². The van der Waals surface area contributed by atoms with Crippen LogP contribution in [0.25, 0.3) is 11.0 Å². The Hall–Kier alpha value is -1.97. The van der Waals surface area contributed by atoms with Crippen molar-refractivity contribution in [1.29, 1.82) is 0 Å². The fraction of sp³-hybridized carbons (Fsp3) is 0.438. The highest BCUT2D eigenvalue weighted by Gasteiger charge is 2.22. The Morgan fingerprint density at radius 2 is 2.10 bits per heavy atom. The number of nitrogens with two attached hydrogens (primary N) is 1. The highest BCUT2D eigenvalue weighted by Crippen LogP contribution is 2.26. The summed E-state index contributed by atoms with van der Waals surface area (Å²) in [6, 6.07) is 7.19. The molecule has 1 saturated carbocycles. The Bertz CT molecular complexity index is 626. The summed E-state index contributed by atoms with van der Waals surface area (Å²) in [5.41, 5.74) is 7.12. The number of furan rings is 1. The first-order valence-electron chi connectivity index (χ1n) is 7.18. The van der Waals surface area contributed by atoms with Crippen LogP contribution in [0.2, 0.25) is 0 Å². The van der Waals surface area contributed by atoms with Crippen molar-refractivity contribution in [3.63, 3.8) is 0 Å². The average Bonchev–Trinajstić information content (AvgIpc) is 3.06. The molecular weight excluding hydrogens is 252 g/mol. The molecule has 1 aromatic carbocycles. The molecule has 106 valence electrons. The smallest absolute Gasteiger partial charge is 0.289 e. The van der Waals surface area contributed by atoms with Crippen molar-refractivity contribution < 1.29 is 9.21 Å². The van der Waals surface area contributed by atoms with E-state index in [0.29, 0.717) is 22.9 Å². The van der Waals surface area contributed by atoms with Crippen molar-refractivity contribution >= 4 is 22.6 Å². The molecule has 0 saturated heterocycles. The predicted octanol–water partition coefficient (Wildman–Crippen LogP) is 3.28. The number of nitrogens with zero attached hydrogens (tertiary/aromatic N) is 1. The van der Waals surface area contributed by atoms with Gasteiger partial charge < -0.3 is 15.1 Å². The maximum Gasteiger partial charge on any atom is 0.289 e. The van der Waals surface area contributed by atoms with E-state index in [2.05, 4.69) is 0 Å². The molecule has 2 N–H and O–H groups in total. The van der Waals surface area contributed by atoms with Crippen LogP contribution in [0.4, 0.5) is 5.69 Å². The van der Waals surface area contributed by atoms with Gasteiger partial charge >= 0.3 is 0 Å². The largest absolute Gasteiger partial charge is 0.451 e. The van der Waals surface area contributed by atoms with Crippen LogP contribution in [-0.2, 0) is 0 Å². The topological polar surface area (TPSA) is 59.5 Å². The molecule has 3 rings (SSSR count). The Kier molecular flexibility index (Phi) is 3.38. The minimum Gasteiger partial charge on any atom is -0.451 e. The summed E-state index contributed by atoms with van der Waals surface area (Å²) in [6.07, 6.45) is 5.04. The van der Waals surface area contributed by atoms with Crippen LogP contribution in [0.5, 0.6) is 0 Å². The summed E-state index contributed by atoms with van der Waals surface area (Å²) >= 11 is 0. The molecule has 1 aliphatic rings. The van der Waals surface area contributed by atoms with Crippen molar-refractivity contribution in [2.24, 2.45) is 5.92 Å². The SMILES string of the molecule is CN(CC1CCCC1)C(=O)c1cc2cc(N)ccc2o1. The van der Waals surface area contributed by atoms with Crippen LogP contribution in [-0.4, -0.2) is 24.4 Å². The van der Waals surface area contributed by atoms with Gasteiger partial charge in [-0.3, -0.25) is 4.79 Å². The number of hydrogen-bond acceptors (Lipinski definition) is 3. The summed E-state index contributed by atoms with van der Waals surface area (Å²) in [4.78, 5) is 14.2. The van der Waals surface area contributed by atoms with Crippen LogP contribution < -0.4 is 5.73 Å². The van der Waals surface area contributed by atoms with Crippen molar-refractivity contribution in [3.05, 3.63) is 30.0 Å². The average molecular weight is 272 g/mol. The van der Waals surface area contributed by atoms with Gasteiger partial charge in [0, 0.05) is 24.7 Å². The van der Waals surface area contributed by atoms with E-state index in [0.717, 1.165) is 11.9 Å². The van der Waals surface area contributed by atoms with E-state index in [9.17, 15) is 4.79 Å². The second kappa shape index (κ2) is 5.19. The lowest BCUT2D eigenvalue weighted by molar-refractivity contribution is 0.0744. The quantitative estimate of drug-likeness (QED) is 0.872. The summed E-state index contributed by atoms with van der Waals surface area (Å²) in [7, 11) is 1.85. The highest BCUT2D eigenvalue weighted by molar-refractivity contribution is 5.96. The second-order valence-electron chi connectivity index (χ2n) is 5.74. The Morgan fingerprint density at radius 1 is 1.35 bits per heavy atom. The van der Waals surface area contributed by atoms with Gasteiger partial charge in [0.25, 0.3) is 5.91 Å². The minimum absolute atomic E-state index is 0.0494. The number of fused-ring (bicyclic) bond motifs is 1. The van der Waals surface area contributed by atoms with E-state index in [-0.39, 0.29) is 5.91 Å². The molecule has 1 aromatic heterocycles. The molecule has 1 fully saturated rings. The molecule has 4 nitrogen and oxygen atoms in total. The lowest BCUT2D eigenvalue weighted by Gasteiger charge is -2.19. The molecule has 0 atom stereocenters. The van der Waals surface area contributed by atoms with Crippen LogP contribution in [0, 0.1) is 5.92 Å². The van der Waals surface area contributed by atoms with Gasteiger partial charge in [0.05, 0.1) is 0 Å². The van der Waals surface area contributed by atoms with E-state index < -0.39 is 0 Å². The Morgan fingerprint density at radius 3 is 2.85 bits per heavy atom. The van der Waals surface area contributed by atoms with Crippen molar-refractivity contribution in [2.75, 3.05) is 19.3 Å². The highest BCUT2D eigenvalue weighted by atomic mass is 16.3. The van der Waals surface area contributed by atoms with Gasteiger partial charge in [-0.25, -0.2) is 0 Å². The Labute approximate surface area is 118 Å². The molecule has 2 aromatic rings. The van der Waals surface area contributed by atoms with E-state index in [1.54, 1.807) is 23.1 Å². The first-order chi connectivity index (χ1) is 9.63. The molecule has 0 spiro atoms. The summed E-state index contributed by atoms with van der Waals surface area (Å²) in [5, 5.41) is 0.877. The standard InChI is InChI=1S/C16H20N2O2/c1-18(10-11-4-2-3-5-11)16(19)15-9-12-8-13(17)6-7-14(12)20-15/h6-9,11H,2-5,10,17H2,1H3.